The van der Waals surface area contributed by atoms with E-state index >= 15 is 0 Å². The van der Waals surface area contributed by atoms with Gasteiger partial charge in [-0.15, -0.1) is 0 Å². The maximum Gasteiger partial charge on any atom is 1.00 e. The number of hydrogen-bond acceptors (Lipinski definition) is 7. The van der Waals surface area contributed by atoms with Crippen LogP contribution in [0.5, 0.6) is 0 Å². The number of aryl methyl sites for hydroxylation is 1. The molecule has 0 heterocycles. The third-order valence-electron chi connectivity index (χ3n) is 5.42. The Balaban J connectivity index is 0.00000456. The molecular formula is C25H27N2NaO6S2. The van der Waals surface area contributed by atoms with Crippen LogP contribution in [0.25, 0.3) is 5.57 Å². The van der Waals surface area contributed by atoms with Gasteiger partial charge in [-0.05, 0) is 80.8 Å². The first kappa shape index (κ1) is 30.2. The maximum absolute atomic E-state index is 12.3. The minimum atomic E-state index is -5.12. The Morgan fingerprint density at radius 3 is 2.25 bits per heavy atom. The minimum absolute atomic E-state index is 0. The van der Waals surface area contributed by atoms with Crippen molar-refractivity contribution in [3.8, 4) is 0 Å². The normalized spacial score (nSPS) is 16.4. The summed E-state index contributed by atoms with van der Waals surface area (Å²) in [6.07, 6.45) is 5.45. The van der Waals surface area contributed by atoms with Gasteiger partial charge in [0.25, 0.3) is 10.1 Å². The van der Waals surface area contributed by atoms with Crippen LogP contribution in [0.1, 0.15) is 37.5 Å². The molecule has 1 aliphatic rings. The molecule has 2 aromatic carbocycles. The van der Waals surface area contributed by atoms with Gasteiger partial charge in [-0.2, -0.15) is 8.42 Å². The molecule has 0 aliphatic heterocycles. The Kier molecular flexibility index (Phi) is 10.1. The molecular weight excluding hydrogens is 511 g/mol. The van der Waals surface area contributed by atoms with Crippen molar-refractivity contribution >= 4 is 37.2 Å². The van der Waals surface area contributed by atoms with Gasteiger partial charge in [0.2, 0.25) is 0 Å². The molecule has 0 saturated heterocycles. The van der Waals surface area contributed by atoms with Crippen LogP contribution in [0.2, 0.25) is 0 Å². The molecule has 0 fully saturated rings. The molecule has 0 spiro atoms. The zero-order valence-electron chi connectivity index (χ0n) is 20.9. The first-order chi connectivity index (χ1) is 16.4. The molecule has 36 heavy (non-hydrogen) atoms. The maximum atomic E-state index is 12.3. The molecule has 0 amide bonds. The molecule has 0 radical (unpaired) electrons. The van der Waals surface area contributed by atoms with Gasteiger partial charge in [0.05, 0.1) is 15.5 Å². The summed E-state index contributed by atoms with van der Waals surface area (Å²) >= 11 is 0. The van der Waals surface area contributed by atoms with Crippen LogP contribution in [0.4, 0.5) is 5.69 Å². The van der Waals surface area contributed by atoms with Crippen LogP contribution in [0.15, 0.2) is 80.6 Å². The van der Waals surface area contributed by atoms with Crippen molar-refractivity contribution in [2.24, 2.45) is 4.99 Å². The molecule has 0 aromatic heterocycles. The number of hydrogen-bond donors (Lipinski definition) is 2. The largest absolute Gasteiger partial charge is 1.00 e. The van der Waals surface area contributed by atoms with E-state index in [1.165, 1.54) is 6.07 Å². The van der Waals surface area contributed by atoms with Gasteiger partial charge in [-0.3, -0.25) is 9.55 Å². The molecule has 1 aliphatic carbocycles. The summed E-state index contributed by atoms with van der Waals surface area (Å²) in [5, 5.41) is 3.26. The minimum Gasteiger partial charge on any atom is -0.744 e. The quantitative estimate of drug-likeness (QED) is 0.401. The number of nitrogens with one attached hydrogen (secondary N) is 1. The summed E-state index contributed by atoms with van der Waals surface area (Å²) in [6.45, 7) is 8.78. The van der Waals surface area contributed by atoms with E-state index in [0.29, 0.717) is 41.6 Å². The van der Waals surface area contributed by atoms with Crippen molar-refractivity contribution in [1.82, 2.24) is 0 Å². The van der Waals surface area contributed by atoms with Crippen molar-refractivity contribution in [3.05, 3.63) is 82.5 Å². The number of allylic oxidation sites excluding steroid dienone is 5. The van der Waals surface area contributed by atoms with E-state index < -0.39 is 30.0 Å². The summed E-state index contributed by atoms with van der Waals surface area (Å²) < 4.78 is 69.8. The number of rotatable bonds is 7. The Morgan fingerprint density at radius 1 is 1.00 bits per heavy atom. The number of benzene rings is 2. The zero-order chi connectivity index (χ0) is 26.0. The fraction of sp³-hybridized carbons (Fsp3) is 0.240. The summed E-state index contributed by atoms with van der Waals surface area (Å²) in [7, 11) is -9.86. The van der Waals surface area contributed by atoms with Gasteiger partial charge < -0.3 is 9.87 Å². The van der Waals surface area contributed by atoms with Gasteiger partial charge in [-0.1, -0.05) is 23.8 Å². The van der Waals surface area contributed by atoms with Crippen LogP contribution in [-0.2, 0) is 20.2 Å². The fourth-order valence-electron chi connectivity index (χ4n) is 3.90. The topological polar surface area (TPSA) is 136 Å². The molecule has 0 bridgehead atoms. The van der Waals surface area contributed by atoms with Crippen molar-refractivity contribution in [2.45, 2.75) is 37.5 Å². The van der Waals surface area contributed by atoms with E-state index in [4.69, 9.17) is 0 Å². The predicted octanol–water partition coefficient (Wildman–Crippen LogP) is 1.36. The van der Waals surface area contributed by atoms with E-state index in [1.54, 1.807) is 6.08 Å². The Morgan fingerprint density at radius 2 is 1.69 bits per heavy atom. The van der Waals surface area contributed by atoms with Crippen molar-refractivity contribution in [2.75, 3.05) is 18.4 Å². The van der Waals surface area contributed by atoms with Crippen molar-refractivity contribution in [3.63, 3.8) is 0 Å². The Hall–Kier alpha value is -2.05. The molecule has 2 aromatic rings. The van der Waals surface area contributed by atoms with E-state index in [1.807, 2.05) is 58.0 Å². The average molecular weight is 539 g/mol. The Labute approximate surface area is 234 Å². The number of anilines is 1. The van der Waals surface area contributed by atoms with Gasteiger partial charge in [0, 0.05) is 29.9 Å². The van der Waals surface area contributed by atoms with E-state index in [2.05, 4.69) is 10.3 Å². The Bertz CT molecular complexity index is 1500. The first-order valence-electron chi connectivity index (χ1n) is 10.9. The molecule has 0 unspecified atom stereocenters. The second-order valence-corrected chi connectivity index (χ2v) is 10.8. The first-order valence-corrected chi connectivity index (χ1v) is 13.8. The third kappa shape index (κ3) is 6.83. The van der Waals surface area contributed by atoms with Gasteiger partial charge in [-0.25, -0.2) is 8.42 Å². The van der Waals surface area contributed by atoms with Crippen molar-refractivity contribution < 1.29 is 55.5 Å². The SMILES string of the molecule is CCN=C1C=C/C(=C(\c2cc(C)ccc2NCC)c2ccc(S(=O)(=O)O)cc2S(=O)(=O)[O-])C=C1C.[Na+]. The smallest absolute Gasteiger partial charge is 0.744 e. The standard InChI is InChI=1S/C25H28N2O6S2.Na/c1-5-26-22-12-8-18(14-17(22)4)25(21-13-16(3)7-11-23(21)27-6-2)20-10-9-19(34(28,29)30)15-24(20)35(31,32)33;/h7-15,27H,5-6H2,1-4H3,(H,28,29,30)(H,31,32,33);/q;+1/p-1/b25-18+,26-22?;. The van der Waals surface area contributed by atoms with E-state index in [-0.39, 0.29) is 35.1 Å². The molecule has 11 heteroatoms. The summed E-state index contributed by atoms with van der Waals surface area (Å²) in [4.78, 5) is 3.02. The second-order valence-electron chi connectivity index (χ2n) is 8.02. The number of aliphatic imine (C=N–C) groups is 1. The number of nitrogens with zero attached hydrogens (tertiary/aromatic N) is 1. The molecule has 3 rings (SSSR count). The third-order valence-corrected chi connectivity index (χ3v) is 7.14. The zero-order valence-corrected chi connectivity index (χ0v) is 24.5. The molecule has 8 nitrogen and oxygen atoms in total. The molecule has 2 N–H and O–H groups in total. The predicted molar refractivity (Wildman–Crippen MR) is 136 cm³/mol. The van der Waals surface area contributed by atoms with Crippen molar-refractivity contribution in [1.29, 1.82) is 0 Å². The van der Waals surface area contributed by atoms with Crippen LogP contribution < -0.4 is 34.9 Å². The van der Waals surface area contributed by atoms with Gasteiger partial charge in [0.15, 0.2) is 0 Å². The van der Waals surface area contributed by atoms with Gasteiger partial charge >= 0.3 is 29.6 Å². The van der Waals surface area contributed by atoms with Crippen LogP contribution >= 0.6 is 0 Å². The van der Waals surface area contributed by atoms with Gasteiger partial charge in [0.1, 0.15) is 10.1 Å². The van der Waals surface area contributed by atoms with Crippen LogP contribution in [-0.4, -0.2) is 44.7 Å². The monoisotopic (exact) mass is 538 g/mol. The summed E-state index contributed by atoms with van der Waals surface area (Å²) in [5.41, 5.74) is 4.94. The molecule has 0 saturated carbocycles. The van der Waals surface area contributed by atoms with E-state index in [0.717, 1.165) is 22.9 Å². The fourth-order valence-corrected chi connectivity index (χ4v) is 5.19. The summed E-state index contributed by atoms with van der Waals surface area (Å²) in [6, 6.07) is 8.64. The van der Waals surface area contributed by atoms with Crippen LogP contribution in [0.3, 0.4) is 0 Å². The molecule has 0 atom stereocenters. The summed E-state index contributed by atoms with van der Waals surface area (Å²) in [5.74, 6) is 0. The second kappa shape index (κ2) is 12.0. The average Bonchev–Trinajstić information content (AvgIpc) is 2.76. The van der Waals surface area contributed by atoms with E-state index in [9.17, 15) is 25.9 Å². The van der Waals surface area contributed by atoms with Crippen LogP contribution in [0, 0.1) is 6.92 Å². The molecule has 186 valence electrons.